The Hall–Kier alpha value is -6.12. The summed E-state index contributed by atoms with van der Waals surface area (Å²) in [5, 5.41) is 2.61. The Morgan fingerprint density at radius 3 is 2.02 bits per heavy atom. The zero-order valence-corrected chi connectivity index (χ0v) is 34.8. The van der Waals surface area contributed by atoms with Gasteiger partial charge in [0.1, 0.15) is 0 Å². The van der Waals surface area contributed by atoms with Crippen molar-refractivity contribution in [3.63, 3.8) is 0 Å². The first-order valence-electron chi connectivity index (χ1n) is 23.0. The molecule has 1 spiro atoms. The summed E-state index contributed by atoms with van der Waals surface area (Å²) in [6.07, 6.45) is 52.1. The van der Waals surface area contributed by atoms with Gasteiger partial charge in [-0.15, -0.1) is 0 Å². The van der Waals surface area contributed by atoms with Gasteiger partial charge < -0.3 is 9.80 Å². The van der Waals surface area contributed by atoms with E-state index in [1.165, 1.54) is 50.4 Å². The summed E-state index contributed by atoms with van der Waals surface area (Å²) in [6, 6.07) is 36.8. The third-order valence-electron chi connectivity index (χ3n) is 15.9. The Morgan fingerprint density at radius 1 is 0.508 bits per heavy atom. The molecule has 0 aromatic heterocycles. The van der Waals surface area contributed by atoms with Crippen molar-refractivity contribution in [3.8, 4) is 0 Å². The van der Waals surface area contributed by atoms with Crippen molar-refractivity contribution in [1.82, 2.24) is 0 Å². The van der Waals surface area contributed by atoms with Crippen LogP contribution in [0.4, 0.5) is 17.1 Å². The van der Waals surface area contributed by atoms with E-state index in [1.807, 2.05) is 0 Å². The molecule has 10 atom stereocenters. The maximum atomic E-state index is 2.71. The number of para-hydroxylation sites is 1. The lowest BCUT2D eigenvalue weighted by Gasteiger charge is -2.49. The molecular formula is C59H54N2. The van der Waals surface area contributed by atoms with Crippen molar-refractivity contribution in [2.45, 2.75) is 38.1 Å². The van der Waals surface area contributed by atoms with E-state index in [4.69, 9.17) is 0 Å². The van der Waals surface area contributed by atoms with Gasteiger partial charge in [-0.1, -0.05) is 170 Å². The molecule has 10 unspecified atom stereocenters. The maximum absolute atomic E-state index is 2.71. The molecule has 2 saturated carbocycles. The van der Waals surface area contributed by atoms with E-state index >= 15 is 0 Å². The van der Waals surface area contributed by atoms with Gasteiger partial charge in [0.25, 0.3) is 0 Å². The fourth-order valence-electron chi connectivity index (χ4n) is 13.6. The van der Waals surface area contributed by atoms with Gasteiger partial charge in [-0.05, 0) is 138 Å². The van der Waals surface area contributed by atoms with E-state index in [0.29, 0.717) is 47.3 Å². The zero-order chi connectivity index (χ0) is 40.3. The van der Waals surface area contributed by atoms with Crippen LogP contribution in [-0.4, -0.2) is 6.04 Å². The van der Waals surface area contributed by atoms with Crippen molar-refractivity contribution in [1.29, 1.82) is 0 Å². The van der Waals surface area contributed by atoms with Crippen LogP contribution in [0.25, 0.3) is 16.3 Å². The SMILES string of the molecule is C1=CCCC(c2ccc(N(c3ccccc3)C3C=CC4C5C=CC=CC5C5(C6C=CC=CC6C6C(N(C7=CC=CCC7)c7cccc8ccccc78)=CC=CC65)C4C3)cc2)=C1. The van der Waals surface area contributed by atoms with Gasteiger partial charge in [-0.2, -0.15) is 0 Å². The smallest absolute Gasteiger partial charge is 0.0533 e. The molecule has 2 nitrogen and oxygen atoms in total. The molecule has 12 rings (SSSR count). The van der Waals surface area contributed by atoms with Crippen LogP contribution in [0.1, 0.15) is 37.7 Å². The first-order valence-corrected chi connectivity index (χ1v) is 23.0. The standard InChI is InChI=1S/C59H54N2/c1-4-18-41(19-5-1)42-34-36-46(37-35-42)60(44-22-6-2-7-23-44)47-38-39-50-49-27-12-14-29-52(49)59(55(50)40-47)53-30-15-13-28-51(53)58-54(59)31-17-33-57(58)61(45-24-8-3-9-25-45)56-32-16-21-43-20-10-11-26-48(43)56/h1-4,6-8,10-18,20-24,26-39,47,49-55,58H,5,9,19,25,40H2. The minimum absolute atomic E-state index is 0.0324. The highest BCUT2D eigenvalue weighted by Gasteiger charge is 2.71. The summed E-state index contributed by atoms with van der Waals surface area (Å²) in [5.74, 6) is 3.43. The average molecular weight is 791 g/mol. The first-order chi connectivity index (χ1) is 30.3. The summed E-state index contributed by atoms with van der Waals surface area (Å²) in [7, 11) is 0. The van der Waals surface area contributed by atoms with Gasteiger partial charge in [-0.3, -0.25) is 0 Å². The molecule has 61 heavy (non-hydrogen) atoms. The van der Waals surface area contributed by atoms with E-state index in [2.05, 4.69) is 222 Å². The Kier molecular flexibility index (Phi) is 9.09. The van der Waals surface area contributed by atoms with E-state index in [-0.39, 0.29) is 11.5 Å². The second-order valence-corrected chi connectivity index (χ2v) is 18.5. The van der Waals surface area contributed by atoms with Crippen LogP contribution < -0.4 is 9.80 Å². The molecule has 0 N–H and O–H groups in total. The Morgan fingerprint density at radius 2 is 1.21 bits per heavy atom. The maximum Gasteiger partial charge on any atom is 0.0533 e. The first kappa shape index (κ1) is 36.7. The highest BCUT2D eigenvalue weighted by molar-refractivity contribution is 5.96. The van der Waals surface area contributed by atoms with Gasteiger partial charge >= 0.3 is 0 Å². The van der Waals surface area contributed by atoms with Gasteiger partial charge in [0.2, 0.25) is 0 Å². The molecule has 0 bridgehead atoms. The highest BCUT2D eigenvalue weighted by atomic mass is 15.2. The molecule has 4 aromatic rings. The molecule has 0 saturated heterocycles. The van der Waals surface area contributed by atoms with E-state index in [0.717, 1.165) is 32.1 Å². The monoisotopic (exact) mass is 790 g/mol. The molecule has 4 aromatic carbocycles. The molecule has 0 amide bonds. The number of benzene rings is 4. The lowest BCUT2D eigenvalue weighted by atomic mass is 9.56. The predicted octanol–water partition coefficient (Wildman–Crippen LogP) is 14.4. The third-order valence-corrected chi connectivity index (χ3v) is 15.9. The molecule has 0 heterocycles. The van der Waals surface area contributed by atoms with E-state index < -0.39 is 0 Å². The van der Waals surface area contributed by atoms with Gasteiger partial charge in [0.05, 0.1) is 11.7 Å². The topological polar surface area (TPSA) is 6.48 Å². The summed E-state index contributed by atoms with van der Waals surface area (Å²) in [4.78, 5) is 5.36. The van der Waals surface area contributed by atoms with Crippen LogP contribution in [0.5, 0.6) is 0 Å². The van der Waals surface area contributed by atoms with Gasteiger partial charge in [0, 0.05) is 34.1 Å². The van der Waals surface area contributed by atoms with Crippen LogP contribution in [0.15, 0.2) is 224 Å². The lowest BCUT2D eigenvalue weighted by Crippen LogP contribution is -2.46. The second-order valence-electron chi connectivity index (χ2n) is 18.5. The fourth-order valence-corrected chi connectivity index (χ4v) is 13.6. The van der Waals surface area contributed by atoms with Gasteiger partial charge in [0.15, 0.2) is 0 Å². The van der Waals surface area contributed by atoms with Crippen molar-refractivity contribution < 1.29 is 0 Å². The molecule has 300 valence electrons. The fraction of sp³-hybridized carbons (Fsp3) is 0.254. The Balaban J connectivity index is 0.986. The molecular weight excluding hydrogens is 737 g/mol. The summed E-state index contributed by atoms with van der Waals surface area (Å²) in [5.41, 5.74) is 9.50. The average Bonchev–Trinajstić information content (AvgIpc) is 3.81. The number of hydrogen-bond donors (Lipinski definition) is 0. The molecule has 0 aliphatic heterocycles. The normalized spacial score (nSPS) is 32.3. The summed E-state index contributed by atoms with van der Waals surface area (Å²) in [6.45, 7) is 0. The van der Waals surface area contributed by atoms with E-state index in [1.54, 1.807) is 0 Å². The Bertz CT molecular complexity index is 2690. The zero-order valence-electron chi connectivity index (χ0n) is 34.8. The number of nitrogens with zero attached hydrogens (tertiary/aromatic N) is 2. The van der Waals surface area contributed by atoms with E-state index in [9.17, 15) is 0 Å². The van der Waals surface area contributed by atoms with Gasteiger partial charge in [-0.25, -0.2) is 0 Å². The number of allylic oxidation sites excluding steroid dienone is 21. The molecule has 0 radical (unpaired) electrons. The van der Waals surface area contributed by atoms with Crippen LogP contribution >= 0.6 is 0 Å². The Labute approximate surface area is 362 Å². The summed E-state index contributed by atoms with van der Waals surface area (Å²) >= 11 is 0. The van der Waals surface area contributed by atoms with Crippen molar-refractivity contribution in [2.75, 3.05) is 9.80 Å². The second kappa shape index (κ2) is 15.1. The van der Waals surface area contributed by atoms with Crippen molar-refractivity contribution >= 4 is 33.4 Å². The number of hydrogen-bond acceptors (Lipinski definition) is 2. The molecule has 8 aliphatic rings. The summed E-state index contributed by atoms with van der Waals surface area (Å²) < 4.78 is 0. The molecule has 8 aliphatic carbocycles. The largest absolute Gasteiger partial charge is 0.335 e. The number of anilines is 3. The van der Waals surface area contributed by atoms with Crippen LogP contribution in [-0.2, 0) is 0 Å². The highest BCUT2D eigenvalue weighted by Crippen LogP contribution is 2.75. The minimum Gasteiger partial charge on any atom is -0.335 e. The van der Waals surface area contributed by atoms with Crippen molar-refractivity contribution in [2.24, 2.45) is 52.8 Å². The third kappa shape index (κ3) is 5.82. The van der Waals surface area contributed by atoms with Crippen LogP contribution in [0.3, 0.4) is 0 Å². The van der Waals surface area contributed by atoms with Crippen LogP contribution in [0.2, 0.25) is 0 Å². The number of fused-ring (bicyclic) bond motifs is 11. The molecule has 2 heteroatoms. The number of rotatable bonds is 7. The predicted molar refractivity (Wildman–Crippen MR) is 256 cm³/mol. The van der Waals surface area contributed by atoms with Crippen LogP contribution in [0, 0.1) is 52.8 Å². The minimum atomic E-state index is 0.0324. The lowest BCUT2D eigenvalue weighted by molar-refractivity contribution is 0.0557. The van der Waals surface area contributed by atoms with Crippen molar-refractivity contribution in [3.05, 3.63) is 229 Å². The quantitative estimate of drug-likeness (QED) is 0.172. The molecule has 2 fully saturated rings.